The van der Waals surface area contributed by atoms with E-state index in [1.54, 1.807) is 12.1 Å². The van der Waals surface area contributed by atoms with Crippen molar-refractivity contribution in [1.82, 2.24) is 18.7 Å². The van der Waals surface area contributed by atoms with Crippen LogP contribution in [0.4, 0.5) is 5.69 Å². The predicted molar refractivity (Wildman–Crippen MR) is 115 cm³/mol. The van der Waals surface area contributed by atoms with Crippen LogP contribution >= 0.6 is 0 Å². The zero-order valence-electron chi connectivity index (χ0n) is 18.1. The molecule has 2 heterocycles. The first-order valence-electron chi connectivity index (χ1n) is 9.66. The second kappa shape index (κ2) is 8.21. The number of carbonyl (C=O) groups excluding carboxylic acids is 2. The van der Waals surface area contributed by atoms with Crippen molar-refractivity contribution in [2.24, 2.45) is 14.1 Å². The minimum atomic E-state index is -0.714. The quantitative estimate of drug-likeness (QED) is 0.605. The largest absolute Gasteiger partial charge is 0.454 e. The molecule has 0 aliphatic rings. The maximum Gasteiger partial charge on any atom is 0.332 e. The van der Waals surface area contributed by atoms with Crippen LogP contribution in [0.1, 0.15) is 26.3 Å². The molecular weight excluding hydrogens is 402 g/mol. The van der Waals surface area contributed by atoms with Crippen LogP contribution in [0.5, 0.6) is 0 Å². The first-order chi connectivity index (χ1) is 14.5. The Balaban J connectivity index is 1.62. The second-order valence-electron chi connectivity index (χ2n) is 8.29. The number of nitrogens with zero attached hydrogens (tertiary/aromatic N) is 4. The minimum absolute atomic E-state index is 0.00285. The standard InChI is InChI=1S/C21H25N5O5/c1-21(2,3)13-6-8-14(9-7-13)23-15(27)11-31-16(28)10-26-12-22-18-17(26)19(29)25(5)20(30)24(18)4/h6-9,12H,10-11H2,1-5H3,(H,23,27). The topological polar surface area (TPSA) is 117 Å². The molecule has 1 aromatic carbocycles. The molecule has 10 nitrogen and oxygen atoms in total. The first kappa shape index (κ1) is 22.0. The summed E-state index contributed by atoms with van der Waals surface area (Å²) in [4.78, 5) is 52.7. The smallest absolute Gasteiger partial charge is 0.332 e. The molecule has 0 spiro atoms. The highest BCUT2D eigenvalue weighted by atomic mass is 16.5. The van der Waals surface area contributed by atoms with Crippen LogP contribution in [0.15, 0.2) is 40.2 Å². The van der Waals surface area contributed by atoms with Crippen molar-refractivity contribution in [3.63, 3.8) is 0 Å². The summed E-state index contributed by atoms with van der Waals surface area (Å²) in [5, 5.41) is 2.67. The van der Waals surface area contributed by atoms with Gasteiger partial charge in [0.05, 0.1) is 6.33 Å². The lowest BCUT2D eigenvalue weighted by Gasteiger charge is -2.19. The number of amides is 1. The lowest BCUT2D eigenvalue weighted by molar-refractivity contribution is -0.147. The number of aromatic nitrogens is 4. The number of rotatable bonds is 5. The van der Waals surface area contributed by atoms with Gasteiger partial charge in [-0.25, -0.2) is 9.78 Å². The Labute approximate surface area is 178 Å². The van der Waals surface area contributed by atoms with Crippen LogP contribution in [-0.2, 0) is 40.4 Å². The molecule has 0 saturated heterocycles. The fourth-order valence-electron chi connectivity index (χ4n) is 3.10. The SMILES string of the molecule is Cn1c(=O)c2c(ncn2CC(=O)OCC(=O)Nc2ccc(C(C)(C)C)cc2)n(C)c1=O. The van der Waals surface area contributed by atoms with E-state index in [9.17, 15) is 19.2 Å². The van der Waals surface area contributed by atoms with Gasteiger partial charge in [0.1, 0.15) is 6.54 Å². The van der Waals surface area contributed by atoms with E-state index in [2.05, 4.69) is 31.1 Å². The van der Waals surface area contributed by atoms with E-state index < -0.39 is 29.7 Å². The molecule has 0 saturated carbocycles. The molecule has 0 aliphatic heterocycles. The monoisotopic (exact) mass is 427 g/mol. The van der Waals surface area contributed by atoms with Crippen molar-refractivity contribution in [1.29, 1.82) is 0 Å². The summed E-state index contributed by atoms with van der Waals surface area (Å²) in [5.74, 6) is -1.20. The van der Waals surface area contributed by atoms with Crippen molar-refractivity contribution in [3.8, 4) is 0 Å². The summed E-state index contributed by atoms with van der Waals surface area (Å²) in [5.41, 5.74) is 0.912. The van der Waals surface area contributed by atoms with E-state index in [4.69, 9.17) is 4.74 Å². The average Bonchev–Trinajstić information content (AvgIpc) is 3.12. The van der Waals surface area contributed by atoms with Gasteiger partial charge in [-0.05, 0) is 23.1 Å². The number of esters is 1. The maximum absolute atomic E-state index is 12.4. The van der Waals surface area contributed by atoms with E-state index in [1.807, 2.05) is 12.1 Å². The zero-order valence-corrected chi connectivity index (χ0v) is 18.1. The molecule has 3 rings (SSSR count). The third-order valence-corrected chi connectivity index (χ3v) is 4.92. The third kappa shape index (κ3) is 4.57. The molecule has 1 amide bonds. The Hall–Kier alpha value is -3.69. The normalized spacial score (nSPS) is 11.5. The summed E-state index contributed by atoms with van der Waals surface area (Å²) >= 11 is 0. The first-order valence-corrected chi connectivity index (χ1v) is 9.66. The number of imidazole rings is 1. The van der Waals surface area contributed by atoms with Gasteiger partial charge in [-0.15, -0.1) is 0 Å². The van der Waals surface area contributed by atoms with Crippen molar-refractivity contribution in [3.05, 3.63) is 57.0 Å². The predicted octanol–water partition coefficient (Wildman–Crippen LogP) is 0.913. The summed E-state index contributed by atoms with van der Waals surface area (Å²) in [6.07, 6.45) is 1.28. The van der Waals surface area contributed by atoms with Gasteiger partial charge in [-0.1, -0.05) is 32.9 Å². The van der Waals surface area contributed by atoms with Gasteiger partial charge in [-0.2, -0.15) is 0 Å². The summed E-state index contributed by atoms with van der Waals surface area (Å²) in [6.45, 7) is 5.50. The van der Waals surface area contributed by atoms with Gasteiger partial charge in [0.15, 0.2) is 17.8 Å². The van der Waals surface area contributed by atoms with Crippen LogP contribution in [0, 0.1) is 0 Å². The number of benzene rings is 1. The van der Waals surface area contributed by atoms with Gasteiger partial charge in [-0.3, -0.25) is 23.5 Å². The summed E-state index contributed by atoms with van der Waals surface area (Å²) < 4.78 is 8.47. The Kier molecular flexibility index (Phi) is 5.83. The number of carbonyl (C=O) groups is 2. The molecular formula is C21H25N5O5. The number of hydrogen-bond acceptors (Lipinski definition) is 6. The van der Waals surface area contributed by atoms with Crippen LogP contribution < -0.4 is 16.6 Å². The van der Waals surface area contributed by atoms with E-state index in [0.29, 0.717) is 5.69 Å². The highest BCUT2D eigenvalue weighted by Crippen LogP contribution is 2.23. The van der Waals surface area contributed by atoms with E-state index in [-0.39, 0.29) is 23.1 Å². The number of ether oxygens (including phenoxy) is 1. The van der Waals surface area contributed by atoms with Gasteiger partial charge >= 0.3 is 11.7 Å². The third-order valence-electron chi connectivity index (χ3n) is 4.92. The number of anilines is 1. The van der Waals surface area contributed by atoms with Crippen molar-refractivity contribution in [2.45, 2.75) is 32.7 Å². The molecule has 0 unspecified atom stereocenters. The van der Waals surface area contributed by atoms with Crippen molar-refractivity contribution >= 4 is 28.7 Å². The molecule has 0 radical (unpaired) electrons. The maximum atomic E-state index is 12.4. The van der Waals surface area contributed by atoms with Gasteiger partial charge in [0.2, 0.25) is 0 Å². The van der Waals surface area contributed by atoms with Gasteiger partial charge in [0, 0.05) is 19.8 Å². The van der Waals surface area contributed by atoms with E-state index in [1.165, 1.54) is 29.6 Å². The molecule has 10 heteroatoms. The molecule has 164 valence electrons. The number of hydrogen-bond donors (Lipinski definition) is 1. The highest BCUT2D eigenvalue weighted by molar-refractivity contribution is 5.92. The fraction of sp³-hybridized carbons (Fsp3) is 0.381. The van der Waals surface area contributed by atoms with Crippen LogP contribution in [0.3, 0.4) is 0 Å². The van der Waals surface area contributed by atoms with Crippen molar-refractivity contribution in [2.75, 3.05) is 11.9 Å². The lowest BCUT2D eigenvalue weighted by atomic mass is 9.87. The number of aryl methyl sites for hydroxylation is 1. The lowest BCUT2D eigenvalue weighted by Crippen LogP contribution is -2.37. The Morgan fingerprint density at radius 2 is 1.71 bits per heavy atom. The molecule has 0 fully saturated rings. The zero-order chi connectivity index (χ0) is 22.9. The average molecular weight is 427 g/mol. The number of nitrogens with one attached hydrogen (secondary N) is 1. The summed E-state index contributed by atoms with van der Waals surface area (Å²) in [7, 11) is 2.83. The van der Waals surface area contributed by atoms with Crippen LogP contribution in [-0.4, -0.2) is 37.2 Å². The molecule has 2 aromatic heterocycles. The Bertz CT molecular complexity index is 1260. The molecule has 31 heavy (non-hydrogen) atoms. The Morgan fingerprint density at radius 1 is 1.06 bits per heavy atom. The van der Waals surface area contributed by atoms with Gasteiger partial charge in [0.25, 0.3) is 11.5 Å². The second-order valence-corrected chi connectivity index (χ2v) is 8.29. The molecule has 1 N–H and O–H groups in total. The van der Waals surface area contributed by atoms with Crippen LogP contribution in [0.25, 0.3) is 11.2 Å². The van der Waals surface area contributed by atoms with Crippen LogP contribution in [0.2, 0.25) is 0 Å². The van der Waals surface area contributed by atoms with Crippen molar-refractivity contribution < 1.29 is 14.3 Å². The fourth-order valence-corrected chi connectivity index (χ4v) is 3.10. The summed E-state index contributed by atoms with van der Waals surface area (Å²) in [6, 6.07) is 7.44. The van der Waals surface area contributed by atoms with E-state index in [0.717, 1.165) is 10.1 Å². The molecule has 0 aliphatic carbocycles. The molecule has 3 aromatic rings. The number of fused-ring (bicyclic) bond motifs is 1. The molecule has 0 bridgehead atoms. The Morgan fingerprint density at radius 3 is 2.32 bits per heavy atom. The molecule has 0 atom stereocenters. The minimum Gasteiger partial charge on any atom is -0.454 e. The highest BCUT2D eigenvalue weighted by Gasteiger charge is 2.17. The van der Waals surface area contributed by atoms with Gasteiger partial charge < -0.3 is 14.6 Å². The van der Waals surface area contributed by atoms with E-state index >= 15 is 0 Å².